The van der Waals surface area contributed by atoms with Crippen LogP contribution < -0.4 is 0 Å². The van der Waals surface area contributed by atoms with E-state index in [4.69, 9.17) is 4.52 Å². The molecule has 5 rings (SSSR count). The summed E-state index contributed by atoms with van der Waals surface area (Å²) < 4.78 is 5.43. The van der Waals surface area contributed by atoms with E-state index < -0.39 is 0 Å². The summed E-state index contributed by atoms with van der Waals surface area (Å²) in [7, 11) is 0. The zero-order valence-electron chi connectivity index (χ0n) is 14.7. The van der Waals surface area contributed by atoms with Crippen molar-refractivity contribution in [1.82, 2.24) is 20.3 Å². The van der Waals surface area contributed by atoms with Gasteiger partial charge in [0.1, 0.15) is 5.69 Å². The summed E-state index contributed by atoms with van der Waals surface area (Å²) >= 11 is 0. The third-order valence-corrected chi connectivity index (χ3v) is 4.56. The highest BCUT2D eigenvalue weighted by atomic mass is 16.5. The predicted molar refractivity (Wildman–Crippen MR) is 105 cm³/mol. The molecule has 0 aliphatic heterocycles. The van der Waals surface area contributed by atoms with E-state index in [2.05, 4.69) is 50.7 Å². The number of aromatic nitrogens is 4. The molecule has 0 bridgehead atoms. The van der Waals surface area contributed by atoms with Crippen LogP contribution >= 0.6 is 0 Å². The van der Waals surface area contributed by atoms with Crippen LogP contribution in [0.1, 0.15) is 5.56 Å². The van der Waals surface area contributed by atoms with Gasteiger partial charge >= 0.3 is 0 Å². The molecule has 0 saturated carbocycles. The number of rotatable bonds is 3. The highest BCUT2D eigenvalue weighted by molar-refractivity contribution is 5.87. The van der Waals surface area contributed by atoms with Gasteiger partial charge in [0.15, 0.2) is 0 Å². The molecule has 0 radical (unpaired) electrons. The summed E-state index contributed by atoms with van der Waals surface area (Å²) in [5, 5.41) is 13.9. The van der Waals surface area contributed by atoms with Crippen LogP contribution in [-0.4, -0.2) is 20.3 Å². The highest BCUT2D eigenvalue weighted by Gasteiger charge is 2.14. The molecule has 0 atom stereocenters. The number of aromatic amines is 1. The van der Waals surface area contributed by atoms with Crippen LogP contribution in [0.4, 0.5) is 0 Å². The number of fused-ring (bicyclic) bond motifs is 1. The van der Waals surface area contributed by atoms with Gasteiger partial charge in [0.25, 0.3) is 5.89 Å². The van der Waals surface area contributed by atoms with E-state index in [0.717, 1.165) is 22.4 Å². The summed E-state index contributed by atoms with van der Waals surface area (Å²) in [6, 6.07) is 24.5. The van der Waals surface area contributed by atoms with Gasteiger partial charge in [0, 0.05) is 11.1 Å². The second kappa shape index (κ2) is 6.21. The summed E-state index contributed by atoms with van der Waals surface area (Å²) in [5.41, 5.74) is 4.66. The van der Waals surface area contributed by atoms with Crippen molar-refractivity contribution < 1.29 is 4.52 Å². The number of benzene rings is 3. The van der Waals surface area contributed by atoms with Crippen LogP contribution in [0.5, 0.6) is 0 Å². The Balaban J connectivity index is 1.48. The van der Waals surface area contributed by atoms with E-state index in [1.165, 1.54) is 10.8 Å². The van der Waals surface area contributed by atoms with Gasteiger partial charge < -0.3 is 4.52 Å². The summed E-state index contributed by atoms with van der Waals surface area (Å²) in [6.45, 7) is 2.04. The fourth-order valence-corrected chi connectivity index (χ4v) is 3.16. The average molecular weight is 352 g/mol. The Kier molecular flexibility index (Phi) is 3.57. The Hall–Kier alpha value is -3.73. The van der Waals surface area contributed by atoms with Crippen molar-refractivity contribution in [3.8, 4) is 34.2 Å². The summed E-state index contributed by atoms with van der Waals surface area (Å²) in [4.78, 5) is 4.50. The van der Waals surface area contributed by atoms with Gasteiger partial charge in [-0.2, -0.15) is 10.1 Å². The molecule has 5 heteroatoms. The minimum absolute atomic E-state index is 0.422. The highest BCUT2D eigenvalue weighted by Crippen LogP contribution is 2.27. The van der Waals surface area contributed by atoms with Gasteiger partial charge in [-0.05, 0) is 35.9 Å². The molecule has 27 heavy (non-hydrogen) atoms. The second-order valence-electron chi connectivity index (χ2n) is 6.52. The first-order valence-corrected chi connectivity index (χ1v) is 8.72. The molecule has 0 fully saturated rings. The largest absolute Gasteiger partial charge is 0.332 e. The van der Waals surface area contributed by atoms with Crippen molar-refractivity contribution in [2.24, 2.45) is 0 Å². The molecule has 0 spiro atoms. The Labute approximate surface area is 155 Å². The lowest BCUT2D eigenvalue weighted by Crippen LogP contribution is -1.82. The molecule has 0 aliphatic rings. The molecule has 2 heterocycles. The number of H-pyrrole nitrogens is 1. The molecule has 3 aromatic carbocycles. The third kappa shape index (κ3) is 2.89. The van der Waals surface area contributed by atoms with E-state index in [9.17, 15) is 0 Å². The van der Waals surface area contributed by atoms with Gasteiger partial charge in [0.05, 0.1) is 5.69 Å². The molecule has 1 N–H and O–H groups in total. The minimum Gasteiger partial charge on any atom is -0.332 e. The first kappa shape index (κ1) is 15.5. The van der Waals surface area contributed by atoms with E-state index in [1.807, 2.05) is 49.4 Å². The van der Waals surface area contributed by atoms with Crippen LogP contribution in [0.2, 0.25) is 0 Å². The maximum atomic E-state index is 5.43. The smallest absolute Gasteiger partial charge is 0.276 e. The number of nitrogens with one attached hydrogen (secondary N) is 1. The Morgan fingerprint density at radius 1 is 0.815 bits per heavy atom. The van der Waals surface area contributed by atoms with Crippen molar-refractivity contribution in [3.63, 3.8) is 0 Å². The maximum absolute atomic E-state index is 5.43. The third-order valence-electron chi connectivity index (χ3n) is 4.56. The quantitative estimate of drug-likeness (QED) is 0.481. The van der Waals surface area contributed by atoms with Crippen LogP contribution in [0.25, 0.3) is 45.0 Å². The first-order chi connectivity index (χ1) is 13.3. The normalized spacial score (nSPS) is 11.1. The zero-order valence-corrected chi connectivity index (χ0v) is 14.7. The van der Waals surface area contributed by atoms with Crippen molar-refractivity contribution >= 4 is 10.8 Å². The number of hydrogen-bond donors (Lipinski definition) is 1. The van der Waals surface area contributed by atoms with Gasteiger partial charge in [-0.3, -0.25) is 5.10 Å². The van der Waals surface area contributed by atoms with Crippen LogP contribution in [-0.2, 0) is 0 Å². The Bertz CT molecular complexity index is 1250. The van der Waals surface area contributed by atoms with Gasteiger partial charge in [-0.15, -0.1) is 0 Å². The lowest BCUT2D eigenvalue weighted by molar-refractivity contribution is 0.431. The van der Waals surface area contributed by atoms with E-state index in [1.54, 1.807) is 0 Å². The summed E-state index contributed by atoms with van der Waals surface area (Å²) in [5.74, 6) is 0.988. The van der Waals surface area contributed by atoms with E-state index in [0.29, 0.717) is 17.4 Å². The second-order valence-corrected chi connectivity index (χ2v) is 6.52. The fraction of sp³-hybridized carbons (Fsp3) is 0.0455. The van der Waals surface area contributed by atoms with Gasteiger partial charge in [-0.1, -0.05) is 65.3 Å². The molecule has 5 nitrogen and oxygen atoms in total. The van der Waals surface area contributed by atoms with Crippen molar-refractivity contribution in [3.05, 3.63) is 78.4 Å². The van der Waals surface area contributed by atoms with Crippen molar-refractivity contribution in [2.45, 2.75) is 6.92 Å². The predicted octanol–water partition coefficient (Wildman–Crippen LogP) is 5.26. The fourth-order valence-electron chi connectivity index (χ4n) is 3.16. The number of nitrogens with zero attached hydrogens (tertiary/aromatic N) is 3. The molecule has 5 aromatic rings. The van der Waals surface area contributed by atoms with Crippen molar-refractivity contribution in [1.29, 1.82) is 0 Å². The Morgan fingerprint density at radius 2 is 1.70 bits per heavy atom. The molecule has 2 aromatic heterocycles. The van der Waals surface area contributed by atoms with Crippen LogP contribution in [0.15, 0.2) is 77.3 Å². The SMILES string of the molecule is Cc1cccc(-c2noc(-c3cc(-c4ccc5ccccc5c4)n[nH]3)n2)c1. The lowest BCUT2D eigenvalue weighted by Gasteiger charge is -2.00. The Morgan fingerprint density at radius 3 is 2.59 bits per heavy atom. The van der Waals surface area contributed by atoms with E-state index >= 15 is 0 Å². The molecular weight excluding hydrogens is 336 g/mol. The van der Waals surface area contributed by atoms with Gasteiger partial charge in [-0.25, -0.2) is 0 Å². The van der Waals surface area contributed by atoms with Crippen LogP contribution in [0.3, 0.4) is 0 Å². The zero-order chi connectivity index (χ0) is 18.2. The molecule has 0 saturated heterocycles. The molecule has 0 aliphatic carbocycles. The molecule has 130 valence electrons. The number of hydrogen-bond acceptors (Lipinski definition) is 4. The summed E-state index contributed by atoms with van der Waals surface area (Å²) in [6.07, 6.45) is 0. The average Bonchev–Trinajstić information content (AvgIpc) is 3.37. The monoisotopic (exact) mass is 352 g/mol. The lowest BCUT2D eigenvalue weighted by atomic mass is 10.1. The first-order valence-electron chi connectivity index (χ1n) is 8.72. The topological polar surface area (TPSA) is 67.6 Å². The van der Waals surface area contributed by atoms with Crippen molar-refractivity contribution in [2.75, 3.05) is 0 Å². The maximum Gasteiger partial charge on any atom is 0.276 e. The standard InChI is InChI=1S/C22H16N4O/c1-14-5-4-8-18(11-14)21-23-22(27-26-21)20-13-19(24-25-20)17-10-9-15-6-2-3-7-16(15)12-17/h2-13H,1H3,(H,24,25). The van der Waals surface area contributed by atoms with Crippen LogP contribution in [0, 0.1) is 6.92 Å². The molecular formula is C22H16N4O. The molecule has 0 amide bonds. The molecule has 0 unspecified atom stereocenters. The van der Waals surface area contributed by atoms with E-state index in [-0.39, 0.29) is 0 Å². The minimum atomic E-state index is 0.422. The van der Waals surface area contributed by atoms with Gasteiger partial charge in [0.2, 0.25) is 5.82 Å². The number of aryl methyl sites for hydroxylation is 1.